The zero-order valence-electron chi connectivity index (χ0n) is 13.1. The number of aromatic nitrogens is 2. The topological polar surface area (TPSA) is 24.3 Å². The van der Waals surface area contributed by atoms with Gasteiger partial charge in [0, 0.05) is 25.7 Å². The van der Waals surface area contributed by atoms with Crippen LogP contribution in [-0.4, -0.2) is 52.8 Å². The van der Waals surface area contributed by atoms with Gasteiger partial charge in [0.2, 0.25) is 0 Å². The van der Waals surface area contributed by atoms with Gasteiger partial charge in [-0.2, -0.15) is 5.10 Å². The lowest BCUT2D eigenvalue weighted by Gasteiger charge is -2.30. The number of aryl methyl sites for hydroxylation is 2. The maximum Gasteiger partial charge on any atom is 0.0739 e. The van der Waals surface area contributed by atoms with Crippen LogP contribution in [0, 0.1) is 6.92 Å². The van der Waals surface area contributed by atoms with Crippen LogP contribution in [0.3, 0.4) is 0 Å². The predicted molar refractivity (Wildman–Crippen MR) is 84.4 cm³/mol. The van der Waals surface area contributed by atoms with E-state index in [4.69, 9.17) is 0 Å². The van der Waals surface area contributed by atoms with Gasteiger partial charge in [-0.15, -0.1) is 0 Å². The number of rotatable bonds is 7. The zero-order chi connectivity index (χ0) is 14.6. The minimum Gasteiger partial charge on any atom is -0.308 e. The van der Waals surface area contributed by atoms with E-state index >= 15 is 0 Å². The van der Waals surface area contributed by atoms with Gasteiger partial charge in [-0.3, -0.25) is 9.58 Å². The molecule has 0 bridgehead atoms. The molecule has 0 saturated heterocycles. The molecule has 1 rings (SSSR count). The van der Waals surface area contributed by atoms with Crippen LogP contribution in [0.25, 0.3) is 0 Å². The maximum absolute atomic E-state index is 4.57. The molecule has 0 aliphatic carbocycles. The van der Waals surface area contributed by atoms with E-state index in [0.717, 1.165) is 36.3 Å². The average Bonchev–Trinajstić information content (AvgIpc) is 2.61. The molecule has 0 saturated carbocycles. The number of halogens is 1. The maximum atomic E-state index is 4.57. The van der Waals surface area contributed by atoms with E-state index in [1.54, 1.807) is 0 Å². The predicted octanol–water partition coefficient (Wildman–Crippen LogP) is 2.75. The fourth-order valence-electron chi connectivity index (χ4n) is 2.44. The standard InChI is InChI=1S/C14H27BrN4/c1-7-18(11(3)9-17(5)6)10-13-14(15)12(4)16-19(13)8-2/h11H,7-10H2,1-6H3. The molecule has 0 aromatic carbocycles. The van der Waals surface area contributed by atoms with E-state index in [-0.39, 0.29) is 0 Å². The van der Waals surface area contributed by atoms with Crippen molar-refractivity contribution in [2.75, 3.05) is 27.2 Å². The fraction of sp³-hybridized carbons (Fsp3) is 0.786. The van der Waals surface area contributed by atoms with Gasteiger partial charge in [0.25, 0.3) is 0 Å². The lowest BCUT2D eigenvalue weighted by molar-refractivity contribution is 0.170. The molecular formula is C14H27BrN4. The highest BCUT2D eigenvalue weighted by atomic mass is 79.9. The summed E-state index contributed by atoms with van der Waals surface area (Å²) >= 11 is 3.68. The molecule has 0 fully saturated rings. The first kappa shape index (κ1) is 16.7. The van der Waals surface area contributed by atoms with E-state index in [2.05, 4.69) is 77.3 Å². The van der Waals surface area contributed by atoms with Gasteiger partial charge in [-0.25, -0.2) is 0 Å². The first-order valence-corrected chi connectivity index (χ1v) is 7.80. The Kier molecular flexibility index (Phi) is 6.50. The molecule has 0 aliphatic rings. The van der Waals surface area contributed by atoms with Crippen LogP contribution in [-0.2, 0) is 13.1 Å². The van der Waals surface area contributed by atoms with Crippen LogP contribution in [0.2, 0.25) is 0 Å². The molecule has 0 radical (unpaired) electrons. The summed E-state index contributed by atoms with van der Waals surface area (Å²) in [6.07, 6.45) is 0. The Balaban J connectivity index is 2.86. The second-order valence-electron chi connectivity index (χ2n) is 5.34. The Bertz CT molecular complexity index is 400. The molecule has 1 heterocycles. The smallest absolute Gasteiger partial charge is 0.0739 e. The Hall–Kier alpha value is -0.390. The van der Waals surface area contributed by atoms with Crippen LogP contribution >= 0.6 is 15.9 Å². The van der Waals surface area contributed by atoms with Gasteiger partial charge in [-0.1, -0.05) is 6.92 Å². The molecule has 5 heteroatoms. The molecule has 1 unspecified atom stereocenters. The average molecular weight is 331 g/mol. The second kappa shape index (κ2) is 7.41. The van der Waals surface area contributed by atoms with Crippen molar-refractivity contribution >= 4 is 15.9 Å². The third-order valence-corrected chi connectivity index (χ3v) is 4.50. The van der Waals surface area contributed by atoms with Crippen molar-refractivity contribution in [1.82, 2.24) is 19.6 Å². The van der Waals surface area contributed by atoms with Gasteiger partial charge < -0.3 is 4.90 Å². The minimum atomic E-state index is 0.535. The molecule has 0 amide bonds. The van der Waals surface area contributed by atoms with Crippen LogP contribution in [0.4, 0.5) is 0 Å². The van der Waals surface area contributed by atoms with Crippen LogP contribution < -0.4 is 0 Å². The van der Waals surface area contributed by atoms with Crippen molar-refractivity contribution in [3.8, 4) is 0 Å². The van der Waals surface area contributed by atoms with Crippen LogP contribution in [0.15, 0.2) is 4.47 Å². The SMILES string of the molecule is CCN(Cc1c(Br)c(C)nn1CC)C(C)CN(C)C. The van der Waals surface area contributed by atoms with Crippen molar-refractivity contribution in [3.63, 3.8) is 0 Å². The lowest BCUT2D eigenvalue weighted by atomic mass is 10.2. The molecule has 1 atom stereocenters. The monoisotopic (exact) mass is 330 g/mol. The molecule has 110 valence electrons. The number of hydrogen-bond donors (Lipinski definition) is 0. The van der Waals surface area contributed by atoms with Crippen molar-refractivity contribution in [1.29, 1.82) is 0 Å². The summed E-state index contributed by atoms with van der Waals surface area (Å²) in [6.45, 7) is 12.7. The first-order valence-electron chi connectivity index (χ1n) is 7.01. The van der Waals surface area contributed by atoms with Gasteiger partial charge in [0.1, 0.15) is 0 Å². The Morgan fingerprint density at radius 3 is 2.42 bits per heavy atom. The van der Waals surface area contributed by atoms with Crippen LogP contribution in [0.1, 0.15) is 32.2 Å². The summed E-state index contributed by atoms with van der Waals surface area (Å²) < 4.78 is 3.26. The Morgan fingerprint density at radius 2 is 1.95 bits per heavy atom. The van der Waals surface area contributed by atoms with E-state index < -0.39 is 0 Å². The Labute approximate surface area is 125 Å². The molecule has 0 spiro atoms. The summed E-state index contributed by atoms with van der Waals surface area (Å²) in [5.41, 5.74) is 2.36. The van der Waals surface area contributed by atoms with Gasteiger partial charge in [0.15, 0.2) is 0 Å². The zero-order valence-corrected chi connectivity index (χ0v) is 14.7. The van der Waals surface area contributed by atoms with E-state index in [0.29, 0.717) is 6.04 Å². The highest BCUT2D eigenvalue weighted by Gasteiger charge is 2.18. The summed E-state index contributed by atoms with van der Waals surface area (Å²) in [6, 6.07) is 0.535. The highest BCUT2D eigenvalue weighted by molar-refractivity contribution is 9.10. The van der Waals surface area contributed by atoms with Gasteiger partial charge in [0.05, 0.1) is 15.9 Å². The van der Waals surface area contributed by atoms with E-state index in [1.807, 2.05) is 0 Å². The third kappa shape index (κ3) is 4.29. The van der Waals surface area contributed by atoms with Crippen molar-refractivity contribution in [2.24, 2.45) is 0 Å². The normalized spacial score (nSPS) is 13.5. The van der Waals surface area contributed by atoms with Crippen molar-refractivity contribution in [3.05, 3.63) is 15.9 Å². The molecule has 0 aliphatic heterocycles. The molecule has 4 nitrogen and oxygen atoms in total. The second-order valence-corrected chi connectivity index (χ2v) is 6.13. The van der Waals surface area contributed by atoms with Crippen molar-refractivity contribution < 1.29 is 0 Å². The highest BCUT2D eigenvalue weighted by Crippen LogP contribution is 2.23. The molecule has 0 N–H and O–H groups in total. The van der Waals surface area contributed by atoms with E-state index in [1.165, 1.54) is 5.69 Å². The number of likely N-dealkylation sites (N-methyl/N-ethyl adjacent to an activating group) is 2. The van der Waals surface area contributed by atoms with E-state index in [9.17, 15) is 0 Å². The number of hydrogen-bond acceptors (Lipinski definition) is 3. The van der Waals surface area contributed by atoms with Crippen molar-refractivity contribution in [2.45, 2.75) is 46.8 Å². The quantitative estimate of drug-likeness (QED) is 0.768. The Morgan fingerprint density at radius 1 is 1.32 bits per heavy atom. The summed E-state index contributed by atoms with van der Waals surface area (Å²) in [5, 5.41) is 4.57. The molecule has 19 heavy (non-hydrogen) atoms. The molecule has 1 aromatic heterocycles. The van der Waals surface area contributed by atoms with Gasteiger partial charge >= 0.3 is 0 Å². The molecular weight excluding hydrogens is 304 g/mol. The number of nitrogens with zero attached hydrogens (tertiary/aromatic N) is 4. The molecule has 1 aromatic rings. The lowest BCUT2D eigenvalue weighted by Crippen LogP contribution is -2.40. The largest absolute Gasteiger partial charge is 0.308 e. The first-order chi connectivity index (χ1) is 8.90. The van der Waals surface area contributed by atoms with Crippen LogP contribution in [0.5, 0.6) is 0 Å². The summed E-state index contributed by atoms with van der Waals surface area (Å²) in [5.74, 6) is 0. The summed E-state index contributed by atoms with van der Waals surface area (Å²) in [4.78, 5) is 4.73. The fourth-order valence-corrected chi connectivity index (χ4v) is 2.85. The minimum absolute atomic E-state index is 0.535. The summed E-state index contributed by atoms with van der Waals surface area (Å²) in [7, 11) is 4.25. The third-order valence-electron chi connectivity index (χ3n) is 3.46. The van der Waals surface area contributed by atoms with Gasteiger partial charge in [-0.05, 0) is 57.3 Å².